The van der Waals surface area contributed by atoms with Gasteiger partial charge in [0, 0.05) is 26.2 Å². The molecule has 94 valence electrons. The van der Waals surface area contributed by atoms with Crippen LogP contribution < -0.4 is 10.1 Å². The van der Waals surface area contributed by atoms with Crippen molar-refractivity contribution in [2.45, 2.75) is 6.61 Å². The lowest BCUT2D eigenvalue weighted by Gasteiger charge is -2.27. The second-order valence-corrected chi connectivity index (χ2v) is 4.45. The van der Waals surface area contributed by atoms with Gasteiger partial charge >= 0.3 is 6.61 Å². The molecule has 0 radical (unpaired) electrons. The van der Waals surface area contributed by atoms with Crippen molar-refractivity contribution in [3.8, 4) is 5.75 Å². The molecule has 0 unspecified atom stereocenters. The molecule has 1 aliphatic heterocycles. The van der Waals surface area contributed by atoms with Crippen molar-refractivity contribution in [1.29, 1.82) is 0 Å². The number of hydrogen-bond donors (Lipinski definition) is 1. The molecule has 0 spiro atoms. The van der Waals surface area contributed by atoms with Crippen LogP contribution in [0.25, 0.3) is 0 Å². The van der Waals surface area contributed by atoms with Crippen LogP contribution in [0.2, 0.25) is 0 Å². The fraction of sp³-hybridized carbons (Fsp3) is 0.500. The number of carbonyl (C=O) groups excluding carboxylic acids is 1. The third kappa shape index (κ3) is 2.92. The van der Waals surface area contributed by atoms with Gasteiger partial charge in [-0.1, -0.05) is 0 Å². The zero-order valence-electron chi connectivity index (χ0n) is 8.99. The Morgan fingerprint density at radius 1 is 1.47 bits per heavy atom. The Bertz CT molecular complexity index is 391. The van der Waals surface area contributed by atoms with Crippen molar-refractivity contribution in [3.05, 3.63) is 16.3 Å². The smallest absolute Gasteiger partial charge is 0.387 e. The van der Waals surface area contributed by atoms with E-state index in [1.165, 1.54) is 6.07 Å². The maximum absolute atomic E-state index is 12.1. The van der Waals surface area contributed by atoms with Crippen molar-refractivity contribution in [2.75, 3.05) is 26.2 Å². The van der Waals surface area contributed by atoms with E-state index in [2.05, 4.69) is 10.1 Å². The number of amides is 1. The molecular weight excluding hydrogens is 250 g/mol. The normalized spacial score (nSPS) is 16.3. The van der Waals surface area contributed by atoms with Gasteiger partial charge in [0.25, 0.3) is 5.91 Å². The molecule has 0 saturated carbocycles. The van der Waals surface area contributed by atoms with Crippen LogP contribution in [-0.2, 0) is 0 Å². The molecule has 0 aromatic carbocycles. The van der Waals surface area contributed by atoms with Gasteiger partial charge in [0.1, 0.15) is 10.6 Å². The number of alkyl halides is 2. The zero-order valence-corrected chi connectivity index (χ0v) is 9.80. The van der Waals surface area contributed by atoms with Crippen molar-refractivity contribution in [2.24, 2.45) is 0 Å². The maximum Gasteiger partial charge on any atom is 0.387 e. The van der Waals surface area contributed by atoms with Gasteiger partial charge in [-0.15, -0.1) is 11.3 Å². The Morgan fingerprint density at radius 2 is 2.18 bits per heavy atom. The summed E-state index contributed by atoms with van der Waals surface area (Å²) in [4.78, 5) is 13.9. The Morgan fingerprint density at radius 3 is 2.82 bits per heavy atom. The summed E-state index contributed by atoms with van der Waals surface area (Å²) in [6.07, 6.45) is 0. The van der Waals surface area contributed by atoms with Crippen LogP contribution in [0, 0.1) is 0 Å². The lowest BCUT2D eigenvalue weighted by Crippen LogP contribution is -2.46. The molecule has 4 nitrogen and oxygen atoms in total. The molecule has 2 heterocycles. The number of nitrogens with zero attached hydrogens (tertiary/aromatic N) is 1. The van der Waals surface area contributed by atoms with Crippen LogP contribution in [0.15, 0.2) is 11.4 Å². The van der Waals surface area contributed by atoms with E-state index in [0.717, 1.165) is 24.4 Å². The van der Waals surface area contributed by atoms with E-state index < -0.39 is 6.61 Å². The fourth-order valence-corrected chi connectivity index (χ4v) is 2.44. The molecule has 0 bridgehead atoms. The summed E-state index contributed by atoms with van der Waals surface area (Å²) in [6, 6.07) is 1.40. The molecule has 0 aliphatic carbocycles. The van der Waals surface area contributed by atoms with E-state index >= 15 is 0 Å². The number of halogens is 2. The highest BCUT2D eigenvalue weighted by Gasteiger charge is 2.23. The third-order valence-electron chi connectivity index (χ3n) is 2.44. The minimum absolute atomic E-state index is 0.0338. The number of carbonyl (C=O) groups is 1. The number of hydrogen-bond acceptors (Lipinski definition) is 4. The summed E-state index contributed by atoms with van der Waals surface area (Å²) in [6.45, 7) is -0.279. The van der Waals surface area contributed by atoms with Crippen LogP contribution >= 0.6 is 11.3 Å². The van der Waals surface area contributed by atoms with Crippen molar-refractivity contribution >= 4 is 17.2 Å². The predicted octanol–water partition coefficient (Wildman–Crippen LogP) is 1.39. The molecule has 0 atom stereocenters. The van der Waals surface area contributed by atoms with E-state index in [-0.39, 0.29) is 16.5 Å². The monoisotopic (exact) mass is 262 g/mol. The first-order valence-corrected chi connectivity index (χ1v) is 6.09. The molecule has 1 amide bonds. The summed E-state index contributed by atoms with van der Waals surface area (Å²) in [7, 11) is 0. The van der Waals surface area contributed by atoms with Crippen molar-refractivity contribution < 1.29 is 18.3 Å². The molecule has 1 aromatic heterocycles. The standard InChI is InChI=1S/C10H12F2N2O2S/c11-10(12)16-7-1-6-17-8(7)9(15)14-4-2-13-3-5-14/h1,6,10,13H,2-5H2. The highest BCUT2D eigenvalue weighted by molar-refractivity contribution is 7.12. The Labute approximate surface area is 101 Å². The number of thiophene rings is 1. The molecule has 1 aromatic rings. The summed E-state index contributed by atoms with van der Waals surface area (Å²) < 4.78 is 28.6. The third-order valence-corrected chi connectivity index (χ3v) is 3.33. The summed E-state index contributed by atoms with van der Waals surface area (Å²) >= 11 is 1.12. The minimum atomic E-state index is -2.90. The Hall–Kier alpha value is -1.21. The van der Waals surface area contributed by atoms with E-state index in [9.17, 15) is 13.6 Å². The average Bonchev–Trinajstić information content (AvgIpc) is 2.76. The second-order valence-electron chi connectivity index (χ2n) is 3.53. The molecule has 2 rings (SSSR count). The van der Waals surface area contributed by atoms with Gasteiger partial charge in [-0.25, -0.2) is 0 Å². The van der Waals surface area contributed by atoms with Gasteiger partial charge in [0.05, 0.1) is 0 Å². The quantitative estimate of drug-likeness (QED) is 0.895. The van der Waals surface area contributed by atoms with Crippen LogP contribution in [0.3, 0.4) is 0 Å². The zero-order chi connectivity index (χ0) is 12.3. The lowest BCUT2D eigenvalue weighted by molar-refractivity contribution is -0.0499. The van der Waals surface area contributed by atoms with Crippen molar-refractivity contribution in [3.63, 3.8) is 0 Å². The van der Waals surface area contributed by atoms with E-state index in [0.29, 0.717) is 13.1 Å². The van der Waals surface area contributed by atoms with Gasteiger partial charge in [0.15, 0.2) is 0 Å². The molecule has 1 N–H and O–H groups in total. The van der Waals surface area contributed by atoms with Crippen LogP contribution in [0.4, 0.5) is 8.78 Å². The maximum atomic E-state index is 12.1. The number of ether oxygens (including phenoxy) is 1. The summed E-state index contributed by atoms with van der Waals surface area (Å²) in [5.74, 6) is -0.273. The van der Waals surface area contributed by atoms with Crippen LogP contribution in [-0.4, -0.2) is 43.6 Å². The fourth-order valence-electron chi connectivity index (χ4n) is 1.65. The lowest BCUT2D eigenvalue weighted by atomic mass is 10.3. The second kappa shape index (κ2) is 5.42. The first kappa shape index (κ1) is 12.3. The molecule has 17 heavy (non-hydrogen) atoms. The van der Waals surface area contributed by atoms with E-state index in [4.69, 9.17) is 0 Å². The first-order valence-electron chi connectivity index (χ1n) is 5.21. The summed E-state index contributed by atoms with van der Waals surface area (Å²) in [5, 5.41) is 4.70. The first-order chi connectivity index (χ1) is 8.18. The topological polar surface area (TPSA) is 41.6 Å². The van der Waals surface area contributed by atoms with Gasteiger partial charge < -0.3 is 15.0 Å². The molecular formula is C10H12F2N2O2S. The number of rotatable bonds is 3. The minimum Gasteiger partial charge on any atom is -0.433 e. The van der Waals surface area contributed by atoms with Gasteiger partial charge in [-0.05, 0) is 11.4 Å². The highest BCUT2D eigenvalue weighted by Crippen LogP contribution is 2.27. The number of nitrogens with one attached hydrogen (secondary N) is 1. The molecule has 7 heteroatoms. The largest absolute Gasteiger partial charge is 0.433 e. The van der Waals surface area contributed by atoms with E-state index in [1.54, 1.807) is 10.3 Å². The Kier molecular flexibility index (Phi) is 3.90. The number of piperazine rings is 1. The van der Waals surface area contributed by atoms with Crippen LogP contribution in [0.5, 0.6) is 5.75 Å². The van der Waals surface area contributed by atoms with Gasteiger partial charge in [-0.2, -0.15) is 8.78 Å². The van der Waals surface area contributed by atoms with Crippen molar-refractivity contribution in [1.82, 2.24) is 10.2 Å². The Balaban J connectivity index is 2.10. The summed E-state index contributed by atoms with van der Waals surface area (Å²) in [5.41, 5.74) is 0. The highest BCUT2D eigenvalue weighted by atomic mass is 32.1. The molecule has 1 saturated heterocycles. The molecule has 1 aliphatic rings. The average molecular weight is 262 g/mol. The van der Waals surface area contributed by atoms with E-state index in [1.807, 2.05) is 0 Å². The van der Waals surface area contributed by atoms with Crippen LogP contribution in [0.1, 0.15) is 9.67 Å². The SMILES string of the molecule is O=C(c1sccc1OC(F)F)N1CCNCC1. The van der Waals surface area contributed by atoms with Gasteiger partial charge in [-0.3, -0.25) is 4.79 Å². The predicted molar refractivity (Wildman–Crippen MR) is 59.7 cm³/mol. The molecule has 1 fully saturated rings. The van der Waals surface area contributed by atoms with Gasteiger partial charge in [0.2, 0.25) is 0 Å².